The second-order valence-electron chi connectivity index (χ2n) is 4.83. The Morgan fingerprint density at radius 3 is 2.67 bits per heavy atom. The van der Waals surface area contributed by atoms with Crippen LogP contribution in [0.25, 0.3) is 0 Å². The second-order valence-corrected chi connectivity index (χ2v) is 4.83. The second kappa shape index (κ2) is 4.78. The van der Waals surface area contributed by atoms with Crippen LogP contribution in [0.1, 0.15) is 12.8 Å². The summed E-state index contributed by atoms with van der Waals surface area (Å²) in [5.41, 5.74) is 6.14. The number of piperidine rings is 3. The molecule has 3 N–H and O–H groups in total. The lowest BCUT2D eigenvalue weighted by Gasteiger charge is -2.53. The minimum Gasteiger partial charge on any atom is -0.383 e. The van der Waals surface area contributed by atoms with E-state index in [9.17, 15) is 0 Å². The van der Waals surface area contributed by atoms with E-state index in [1.807, 2.05) is 0 Å². The fourth-order valence-corrected chi connectivity index (χ4v) is 3.08. The Labute approximate surface area is 92.1 Å². The van der Waals surface area contributed by atoms with Gasteiger partial charge in [-0.1, -0.05) is 0 Å². The van der Waals surface area contributed by atoms with Crippen molar-refractivity contribution in [1.82, 2.24) is 10.2 Å². The summed E-state index contributed by atoms with van der Waals surface area (Å²) in [4.78, 5) is 2.53. The molecule has 3 fully saturated rings. The summed E-state index contributed by atoms with van der Waals surface area (Å²) in [7, 11) is 1.74. The zero-order chi connectivity index (χ0) is 10.7. The molecule has 3 saturated heterocycles. The van der Waals surface area contributed by atoms with Gasteiger partial charge in [-0.05, 0) is 31.8 Å². The van der Waals surface area contributed by atoms with Crippen LogP contribution in [-0.2, 0) is 4.74 Å². The molecule has 0 aromatic carbocycles. The van der Waals surface area contributed by atoms with E-state index >= 15 is 0 Å². The smallest absolute Gasteiger partial charge is 0.0587 e. The first-order chi connectivity index (χ1) is 7.30. The maximum absolute atomic E-state index is 5.98. The molecule has 0 spiro atoms. The molecule has 88 valence electrons. The molecule has 3 aliphatic rings. The summed E-state index contributed by atoms with van der Waals surface area (Å²) in [6.07, 6.45) is 2.61. The van der Waals surface area contributed by atoms with Crippen LogP contribution in [0.2, 0.25) is 0 Å². The van der Waals surface area contributed by atoms with E-state index in [1.165, 1.54) is 25.9 Å². The lowest BCUT2D eigenvalue weighted by Crippen LogP contribution is -2.69. The zero-order valence-corrected chi connectivity index (χ0v) is 9.67. The van der Waals surface area contributed by atoms with Gasteiger partial charge in [0, 0.05) is 32.3 Å². The third-order valence-electron chi connectivity index (χ3n) is 4.02. The van der Waals surface area contributed by atoms with Crippen LogP contribution in [-0.4, -0.2) is 56.9 Å². The predicted molar refractivity (Wildman–Crippen MR) is 60.8 cm³/mol. The molecule has 3 aliphatic heterocycles. The van der Waals surface area contributed by atoms with Crippen LogP contribution in [0.15, 0.2) is 0 Å². The van der Waals surface area contributed by atoms with Crippen molar-refractivity contribution < 1.29 is 4.74 Å². The third-order valence-corrected chi connectivity index (χ3v) is 4.02. The monoisotopic (exact) mass is 213 g/mol. The van der Waals surface area contributed by atoms with Crippen molar-refractivity contribution >= 4 is 0 Å². The minimum atomic E-state index is 0.162. The molecule has 0 radical (unpaired) electrons. The number of ether oxygens (including phenoxy) is 1. The summed E-state index contributed by atoms with van der Waals surface area (Å²) in [5, 5.41) is 3.63. The molecule has 2 bridgehead atoms. The van der Waals surface area contributed by atoms with Gasteiger partial charge in [0.15, 0.2) is 0 Å². The number of hydrogen-bond donors (Lipinski definition) is 2. The van der Waals surface area contributed by atoms with Gasteiger partial charge in [0.05, 0.1) is 6.61 Å². The van der Waals surface area contributed by atoms with Gasteiger partial charge in [-0.3, -0.25) is 0 Å². The average Bonchev–Trinajstić information content (AvgIpc) is 2.31. The quantitative estimate of drug-likeness (QED) is 0.613. The first-order valence-electron chi connectivity index (χ1n) is 5.97. The van der Waals surface area contributed by atoms with Crippen molar-refractivity contribution in [2.75, 3.05) is 46.4 Å². The fourth-order valence-electron chi connectivity index (χ4n) is 3.08. The Morgan fingerprint density at radius 2 is 2.20 bits per heavy atom. The molecule has 0 saturated carbocycles. The number of hydrogen-bond acceptors (Lipinski definition) is 4. The standard InChI is InChI=1S/C11H23N3O/c1-15-7-4-13-11(8-12)9-14-5-2-10(11)3-6-14/h10,13H,2-9,12H2,1H3. The van der Waals surface area contributed by atoms with Gasteiger partial charge in [-0.25, -0.2) is 0 Å². The largest absolute Gasteiger partial charge is 0.383 e. The molecule has 4 nitrogen and oxygen atoms in total. The number of nitrogens with one attached hydrogen (secondary N) is 1. The summed E-state index contributed by atoms with van der Waals surface area (Å²) < 4.78 is 5.09. The Kier molecular flexibility index (Phi) is 3.61. The molecule has 1 unspecified atom stereocenters. The summed E-state index contributed by atoms with van der Waals surface area (Å²) >= 11 is 0. The normalized spacial score (nSPS) is 39.6. The van der Waals surface area contributed by atoms with E-state index in [1.54, 1.807) is 7.11 Å². The Hall–Kier alpha value is -0.160. The molecule has 0 amide bonds. The van der Waals surface area contributed by atoms with Gasteiger partial charge in [0.2, 0.25) is 0 Å². The van der Waals surface area contributed by atoms with E-state index in [0.717, 1.165) is 32.2 Å². The molecule has 0 aromatic heterocycles. The van der Waals surface area contributed by atoms with Crippen molar-refractivity contribution in [3.8, 4) is 0 Å². The van der Waals surface area contributed by atoms with Gasteiger partial charge in [0.1, 0.15) is 0 Å². The van der Waals surface area contributed by atoms with Crippen LogP contribution in [0.5, 0.6) is 0 Å². The zero-order valence-electron chi connectivity index (χ0n) is 9.67. The molecule has 3 rings (SSSR count). The lowest BCUT2D eigenvalue weighted by molar-refractivity contribution is 0.00782. The van der Waals surface area contributed by atoms with Crippen molar-refractivity contribution in [3.05, 3.63) is 0 Å². The fraction of sp³-hybridized carbons (Fsp3) is 1.00. The topological polar surface area (TPSA) is 50.5 Å². The molecule has 15 heavy (non-hydrogen) atoms. The van der Waals surface area contributed by atoms with Gasteiger partial charge in [0.25, 0.3) is 0 Å². The van der Waals surface area contributed by atoms with E-state index < -0.39 is 0 Å². The SMILES string of the molecule is COCCNC1(CN)CN2CCC1CC2. The van der Waals surface area contributed by atoms with Crippen LogP contribution in [0.3, 0.4) is 0 Å². The van der Waals surface area contributed by atoms with Gasteiger partial charge >= 0.3 is 0 Å². The van der Waals surface area contributed by atoms with Crippen LogP contribution < -0.4 is 11.1 Å². The van der Waals surface area contributed by atoms with Gasteiger partial charge in [-0.15, -0.1) is 0 Å². The maximum Gasteiger partial charge on any atom is 0.0587 e. The van der Waals surface area contributed by atoms with E-state index in [-0.39, 0.29) is 5.54 Å². The molecular formula is C11H23N3O. The molecule has 3 heterocycles. The Balaban J connectivity index is 1.95. The highest BCUT2D eigenvalue weighted by molar-refractivity contribution is 5.04. The van der Waals surface area contributed by atoms with Gasteiger partial charge in [-0.2, -0.15) is 0 Å². The molecule has 1 atom stereocenters. The van der Waals surface area contributed by atoms with Gasteiger partial charge < -0.3 is 20.7 Å². The van der Waals surface area contributed by atoms with Crippen molar-refractivity contribution in [2.24, 2.45) is 11.7 Å². The van der Waals surface area contributed by atoms with E-state index in [2.05, 4.69) is 10.2 Å². The highest BCUT2D eigenvalue weighted by Crippen LogP contribution is 2.34. The van der Waals surface area contributed by atoms with Crippen LogP contribution in [0, 0.1) is 5.92 Å². The minimum absolute atomic E-state index is 0.162. The van der Waals surface area contributed by atoms with E-state index in [0.29, 0.717) is 0 Å². The highest BCUT2D eigenvalue weighted by Gasteiger charge is 2.45. The van der Waals surface area contributed by atoms with E-state index in [4.69, 9.17) is 10.5 Å². The number of nitrogens with two attached hydrogens (primary N) is 1. The maximum atomic E-state index is 5.98. The predicted octanol–water partition coefficient (Wildman–Crippen LogP) is -0.354. The Morgan fingerprint density at radius 1 is 1.47 bits per heavy atom. The first kappa shape index (κ1) is 11.3. The number of nitrogens with zero attached hydrogens (tertiary/aromatic N) is 1. The molecule has 0 aliphatic carbocycles. The lowest BCUT2D eigenvalue weighted by atomic mass is 9.73. The number of methoxy groups -OCH3 is 1. The average molecular weight is 213 g/mol. The Bertz CT molecular complexity index is 204. The third kappa shape index (κ3) is 2.18. The summed E-state index contributed by atoms with van der Waals surface area (Å²) in [6, 6.07) is 0. The van der Waals surface area contributed by atoms with Crippen molar-refractivity contribution in [2.45, 2.75) is 18.4 Å². The number of fused-ring (bicyclic) bond motifs is 3. The molecule has 0 aromatic rings. The van der Waals surface area contributed by atoms with Crippen LogP contribution in [0.4, 0.5) is 0 Å². The van der Waals surface area contributed by atoms with Crippen molar-refractivity contribution in [1.29, 1.82) is 0 Å². The molecular weight excluding hydrogens is 190 g/mol. The molecule has 4 heteroatoms. The van der Waals surface area contributed by atoms with Crippen molar-refractivity contribution in [3.63, 3.8) is 0 Å². The summed E-state index contributed by atoms with van der Waals surface area (Å²) in [5.74, 6) is 0.768. The number of rotatable bonds is 5. The van der Waals surface area contributed by atoms with Crippen LogP contribution >= 0.6 is 0 Å². The summed E-state index contributed by atoms with van der Waals surface area (Å²) in [6.45, 7) is 6.08. The highest BCUT2D eigenvalue weighted by atomic mass is 16.5. The first-order valence-corrected chi connectivity index (χ1v) is 5.97.